The molecule has 0 fully saturated rings. The molecule has 0 saturated heterocycles. The molecule has 0 aromatic carbocycles. The van der Waals surface area contributed by atoms with E-state index in [-0.39, 0.29) is 0 Å². The van der Waals surface area contributed by atoms with Gasteiger partial charge in [-0.05, 0) is 25.2 Å². The summed E-state index contributed by atoms with van der Waals surface area (Å²) in [5, 5.41) is 7.82. The predicted molar refractivity (Wildman–Crippen MR) is 62.7 cm³/mol. The molecule has 2 unspecified atom stereocenters. The molecule has 1 aliphatic rings. The molecule has 1 aliphatic carbocycles. The Morgan fingerprint density at radius 1 is 1.50 bits per heavy atom. The molecule has 0 bridgehead atoms. The zero-order valence-electron chi connectivity index (χ0n) is 9.67. The van der Waals surface area contributed by atoms with Crippen LogP contribution >= 0.6 is 0 Å². The van der Waals surface area contributed by atoms with Crippen LogP contribution in [0.1, 0.15) is 34.1 Å². The smallest absolute Gasteiger partial charge is 0.0236 e. The SMILES string of the molecule is CC(=N)C1C(CC(C)C)=CC=CC1C. The van der Waals surface area contributed by atoms with Gasteiger partial charge in [0, 0.05) is 11.6 Å². The second-order valence-electron chi connectivity index (χ2n) is 4.74. The Morgan fingerprint density at radius 3 is 2.64 bits per heavy atom. The summed E-state index contributed by atoms with van der Waals surface area (Å²) in [4.78, 5) is 0. The maximum Gasteiger partial charge on any atom is 0.0236 e. The molecule has 1 nitrogen and oxygen atoms in total. The van der Waals surface area contributed by atoms with E-state index in [1.807, 2.05) is 6.92 Å². The third-order valence-electron chi connectivity index (χ3n) is 2.76. The van der Waals surface area contributed by atoms with E-state index in [0.717, 1.165) is 12.1 Å². The standard InChI is InChI=1S/C13H21N/c1-9(2)8-12-7-5-6-10(3)13(12)11(4)14/h5-7,9-10,13-14H,8H2,1-4H3. The molecular weight excluding hydrogens is 170 g/mol. The summed E-state index contributed by atoms with van der Waals surface area (Å²) in [5.74, 6) is 1.52. The van der Waals surface area contributed by atoms with Gasteiger partial charge in [-0.25, -0.2) is 0 Å². The van der Waals surface area contributed by atoms with Gasteiger partial charge in [0.2, 0.25) is 0 Å². The van der Waals surface area contributed by atoms with Gasteiger partial charge in [-0.3, -0.25) is 0 Å². The van der Waals surface area contributed by atoms with E-state index in [2.05, 4.69) is 39.0 Å². The van der Waals surface area contributed by atoms with Crippen molar-refractivity contribution in [3.63, 3.8) is 0 Å². The summed E-state index contributed by atoms with van der Waals surface area (Å²) in [6, 6.07) is 0. The molecule has 0 aromatic heterocycles. The molecule has 1 rings (SSSR count). The Morgan fingerprint density at radius 2 is 2.14 bits per heavy atom. The van der Waals surface area contributed by atoms with E-state index in [9.17, 15) is 0 Å². The fraction of sp³-hybridized carbons (Fsp3) is 0.615. The molecule has 0 aromatic rings. The van der Waals surface area contributed by atoms with Crippen LogP contribution in [0.2, 0.25) is 0 Å². The minimum atomic E-state index is 0.349. The van der Waals surface area contributed by atoms with Gasteiger partial charge in [0.1, 0.15) is 0 Å². The summed E-state index contributed by atoms with van der Waals surface area (Å²) >= 11 is 0. The Balaban J connectivity index is 2.83. The van der Waals surface area contributed by atoms with E-state index >= 15 is 0 Å². The van der Waals surface area contributed by atoms with Crippen LogP contribution in [0.25, 0.3) is 0 Å². The quantitative estimate of drug-likeness (QED) is 0.656. The van der Waals surface area contributed by atoms with Crippen LogP contribution in [0, 0.1) is 23.2 Å². The fourth-order valence-corrected chi connectivity index (χ4v) is 2.25. The third-order valence-corrected chi connectivity index (χ3v) is 2.76. The van der Waals surface area contributed by atoms with Crippen molar-refractivity contribution in [3.05, 3.63) is 23.8 Å². The first kappa shape index (κ1) is 11.2. The van der Waals surface area contributed by atoms with Crippen molar-refractivity contribution in [2.24, 2.45) is 17.8 Å². The van der Waals surface area contributed by atoms with Crippen LogP contribution in [-0.2, 0) is 0 Å². The van der Waals surface area contributed by atoms with Gasteiger partial charge in [-0.2, -0.15) is 0 Å². The Kier molecular flexibility index (Phi) is 3.68. The van der Waals surface area contributed by atoms with Crippen molar-refractivity contribution in [2.75, 3.05) is 0 Å². The van der Waals surface area contributed by atoms with Gasteiger partial charge >= 0.3 is 0 Å². The summed E-state index contributed by atoms with van der Waals surface area (Å²) < 4.78 is 0. The van der Waals surface area contributed by atoms with E-state index in [4.69, 9.17) is 5.41 Å². The summed E-state index contributed by atoms with van der Waals surface area (Å²) in [5.41, 5.74) is 2.23. The number of hydrogen-bond acceptors (Lipinski definition) is 1. The maximum absolute atomic E-state index is 7.82. The molecule has 0 spiro atoms. The van der Waals surface area contributed by atoms with Gasteiger partial charge in [0.05, 0.1) is 0 Å². The lowest BCUT2D eigenvalue weighted by molar-refractivity contribution is 0.534. The molecule has 0 amide bonds. The molecule has 0 saturated carbocycles. The Hall–Kier alpha value is -0.850. The molecule has 78 valence electrons. The lowest BCUT2D eigenvalue weighted by Gasteiger charge is -2.27. The number of rotatable bonds is 3. The lowest BCUT2D eigenvalue weighted by Crippen LogP contribution is -2.22. The third kappa shape index (κ3) is 2.57. The van der Waals surface area contributed by atoms with Crippen molar-refractivity contribution in [2.45, 2.75) is 34.1 Å². The van der Waals surface area contributed by atoms with Crippen molar-refractivity contribution in [3.8, 4) is 0 Å². The maximum atomic E-state index is 7.82. The van der Waals surface area contributed by atoms with Crippen LogP contribution < -0.4 is 0 Å². The highest BCUT2D eigenvalue weighted by molar-refractivity contribution is 5.84. The Labute approximate surface area is 87.4 Å². The molecule has 0 heterocycles. The fourth-order valence-electron chi connectivity index (χ4n) is 2.25. The summed E-state index contributed by atoms with van der Waals surface area (Å²) in [7, 11) is 0. The molecule has 0 aliphatic heterocycles. The van der Waals surface area contributed by atoms with E-state index in [1.54, 1.807) is 0 Å². The summed E-state index contributed by atoms with van der Waals surface area (Å²) in [6.07, 6.45) is 7.66. The largest absolute Gasteiger partial charge is 0.309 e. The summed E-state index contributed by atoms with van der Waals surface area (Å²) in [6.45, 7) is 8.60. The highest BCUT2D eigenvalue weighted by Gasteiger charge is 2.23. The van der Waals surface area contributed by atoms with Crippen molar-refractivity contribution < 1.29 is 0 Å². The number of hydrogen-bond donors (Lipinski definition) is 1. The Bertz CT molecular complexity index is 271. The van der Waals surface area contributed by atoms with Crippen LogP contribution in [-0.4, -0.2) is 5.71 Å². The predicted octanol–water partition coefficient (Wildman–Crippen LogP) is 3.82. The van der Waals surface area contributed by atoms with Gasteiger partial charge in [-0.1, -0.05) is 44.6 Å². The first-order valence-corrected chi connectivity index (χ1v) is 5.44. The average molecular weight is 191 g/mol. The van der Waals surface area contributed by atoms with Crippen molar-refractivity contribution in [1.82, 2.24) is 0 Å². The molecule has 2 atom stereocenters. The number of allylic oxidation sites excluding steroid dienone is 4. The first-order valence-electron chi connectivity index (χ1n) is 5.44. The zero-order valence-corrected chi connectivity index (χ0v) is 9.67. The monoisotopic (exact) mass is 191 g/mol. The lowest BCUT2D eigenvalue weighted by atomic mass is 9.77. The minimum absolute atomic E-state index is 0.349. The molecule has 1 N–H and O–H groups in total. The normalized spacial score (nSPS) is 26.5. The number of nitrogens with one attached hydrogen (secondary N) is 1. The van der Waals surface area contributed by atoms with E-state index < -0.39 is 0 Å². The molecule has 0 radical (unpaired) electrons. The van der Waals surface area contributed by atoms with Gasteiger partial charge in [0.25, 0.3) is 0 Å². The van der Waals surface area contributed by atoms with Crippen molar-refractivity contribution in [1.29, 1.82) is 5.41 Å². The minimum Gasteiger partial charge on any atom is -0.309 e. The van der Waals surface area contributed by atoms with Gasteiger partial charge < -0.3 is 5.41 Å². The molecule has 14 heavy (non-hydrogen) atoms. The van der Waals surface area contributed by atoms with Crippen molar-refractivity contribution >= 4 is 5.71 Å². The van der Waals surface area contributed by atoms with Crippen LogP contribution in [0.15, 0.2) is 23.8 Å². The van der Waals surface area contributed by atoms with Crippen LogP contribution in [0.5, 0.6) is 0 Å². The van der Waals surface area contributed by atoms with E-state index in [1.165, 1.54) is 5.57 Å². The first-order chi connectivity index (χ1) is 6.52. The zero-order chi connectivity index (χ0) is 10.7. The molecular formula is C13H21N. The second-order valence-corrected chi connectivity index (χ2v) is 4.74. The van der Waals surface area contributed by atoms with Gasteiger partial charge in [-0.15, -0.1) is 0 Å². The topological polar surface area (TPSA) is 23.9 Å². The highest BCUT2D eigenvalue weighted by atomic mass is 14.4. The van der Waals surface area contributed by atoms with Crippen LogP contribution in [0.3, 0.4) is 0 Å². The highest BCUT2D eigenvalue weighted by Crippen LogP contribution is 2.31. The average Bonchev–Trinajstić information content (AvgIpc) is 2.01. The molecule has 1 heteroatoms. The van der Waals surface area contributed by atoms with Crippen LogP contribution in [0.4, 0.5) is 0 Å². The second kappa shape index (κ2) is 4.59. The van der Waals surface area contributed by atoms with E-state index in [0.29, 0.717) is 17.8 Å². The van der Waals surface area contributed by atoms with Gasteiger partial charge in [0.15, 0.2) is 0 Å².